The van der Waals surface area contributed by atoms with E-state index in [0.717, 1.165) is 17.4 Å². The van der Waals surface area contributed by atoms with Crippen molar-refractivity contribution in [1.29, 1.82) is 0 Å². The second-order valence-electron chi connectivity index (χ2n) is 9.26. The molecular weight excluding hydrogens is 471 g/mol. The van der Waals surface area contributed by atoms with Crippen molar-refractivity contribution in [2.24, 2.45) is 5.73 Å². The maximum Gasteiger partial charge on any atom is 0.245 e. The molecule has 0 radical (unpaired) electrons. The number of carbonyl (C=O) groups is 2. The molecule has 2 aromatic rings. The number of carbonyl (C=O) groups excluding carboxylic acids is 2. The molecule has 2 aliphatic rings. The van der Waals surface area contributed by atoms with E-state index in [1.807, 2.05) is 24.3 Å². The first kappa shape index (κ1) is 25.3. The highest BCUT2D eigenvalue weighted by Gasteiger charge is 2.38. The van der Waals surface area contributed by atoms with Crippen LogP contribution in [0.4, 0.5) is 4.39 Å². The highest BCUT2D eigenvalue weighted by atomic mass is 32.2. The molecule has 188 valence electrons. The second kappa shape index (κ2) is 10.4. The standard InChI is InChI=1S/C25H31FN4O4S/c1-35(33,34)29-12-10-28(11-13-29)25(32)23-15-18-6-2-3-8-20(18)17-30(23)24(31)16-21(27)14-19-7-4-5-9-22(19)26/h2-9,21,23H,10-17,27H2,1H3/t21-,23+/m1/s1. The molecule has 0 bridgehead atoms. The largest absolute Gasteiger partial charge is 0.338 e. The molecule has 1 saturated heterocycles. The van der Waals surface area contributed by atoms with Crippen molar-refractivity contribution in [2.75, 3.05) is 32.4 Å². The SMILES string of the molecule is CS(=O)(=O)N1CCN(C(=O)[C@@H]2Cc3ccccc3CN2C(=O)C[C@H](N)Cc2ccccc2F)CC1. The molecule has 1 fully saturated rings. The fourth-order valence-corrected chi connectivity index (χ4v) is 5.64. The smallest absolute Gasteiger partial charge is 0.245 e. The van der Waals surface area contributed by atoms with Gasteiger partial charge in [0.05, 0.1) is 6.26 Å². The number of halogens is 1. The molecule has 0 saturated carbocycles. The van der Waals surface area contributed by atoms with Gasteiger partial charge >= 0.3 is 0 Å². The van der Waals surface area contributed by atoms with E-state index in [2.05, 4.69) is 0 Å². The van der Waals surface area contributed by atoms with Crippen LogP contribution in [0.25, 0.3) is 0 Å². The Bertz CT molecular complexity index is 1200. The van der Waals surface area contributed by atoms with E-state index in [1.165, 1.54) is 10.4 Å². The topological polar surface area (TPSA) is 104 Å². The van der Waals surface area contributed by atoms with Gasteiger partial charge in [0.25, 0.3) is 0 Å². The summed E-state index contributed by atoms with van der Waals surface area (Å²) in [4.78, 5) is 30.1. The molecular formula is C25H31FN4O4S. The maximum absolute atomic E-state index is 14.0. The van der Waals surface area contributed by atoms with Crippen LogP contribution in [-0.2, 0) is 39.0 Å². The summed E-state index contributed by atoms with van der Waals surface area (Å²) < 4.78 is 39.1. The van der Waals surface area contributed by atoms with Crippen molar-refractivity contribution in [3.05, 3.63) is 71.0 Å². The Kier molecular flexibility index (Phi) is 7.53. The molecule has 2 amide bonds. The van der Waals surface area contributed by atoms with Gasteiger partial charge < -0.3 is 15.5 Å². The fraction of sp³-hybridized carbons (Fsp3) is 0.440. The maximum atomic E-state index is 14.0. The molecule has 35 heavy (non-hydrogen) atoms. The lowest BCUT2D eigenvalue weighted by Gasteiger charge is -2.41. The molecule has 0 aliphatic carbocycles. The molecule has 0 aromatic heterocycles. The summed E-state index contributed by atoms with van der Waals surface area (Å²) in [5.41, 5.74) is 8.67. The molecule has 0 unspecified atom stereocenters. The van der Waals surface area contributed by atoms with E-state index >= 15 is 0 Å². The Balaban J connectivity index is 1.49. The first-order valence-corrected chi connectivity index (χ1v) is 13.6. The number of amides is 2. The summed E-state index contributed by atoms with van der Waals surface area (Å²) in [7, 11) is -3.32. The van der Waals surface area contributed by atoms with Crippen molar-refractivity contribution in [2.45, 2.75) is 37.9 Å². The zero-order valence-electron chi connectivity index (χ0n) is 19.8. The van der Waals surface area contributed by atoms with Gasteiger partial charge in [-0.3, -0.25) is 9.59 Å². The zero-order chi connectivity index (χ0) is 25.2. The van der Waals surface area contributed by atoms with Gasteiger partial charge in [0.15, 0.2) is 0 Å². The first-order chi connectivity index (χ1) is 16.6. The summed E-state index contributed by atoms with van der Waals surface area (Å²) >= 11 is 0. The van der Waals surface area contributed by atoms with Crippen LogP contribution < -0.4 is 5.73 Å². The third kappa shape index (κ3) is 5.88. The summed E-state index contributed by atoms with van der Waals surface area (Å²) in [5, 5.41) is 0. The number of benzene rings is 2. The Hall–Kier alpha value is -2.82. The predicted molar refractivity (Wildman–Crippen MR) is 130 cm³/mol. The average molecular weight is 503 g/mol. The van der Waals surface area contributed by atoms with Gasteiger partial charge in [-0.1, -0.05) is 42.5 Å². The molecule has 2 atom stereocenters. The van der Waals surface area contributed by atoms with Gasteiger partial charge in [-0.15, -0.1) is 0 Å². The van der Waals surface area contributed by atoms with Crippen molar-refractivity contribution < 1.29 is 22.4 Å². The molecule has 2 N–H and O–H groups in total. The number of hydrogen-bond acceptors (Lipinski definition) is 5. The highest BCUT2D eigenvalue weighted by Crippen LogP contribution is 2.26. The van der Waals surface area contributed by atoms with Gasteiger partial charge in [0.1, 0.15) is 11.9 Å². The quantitative estimate of drug-likeness (QED) is 0.638. The van der Waals surface area contributed by atoms with Gasteiger partial charge in [-0.05, 0) is 29.2 Å². The molecule has 2 heterocycles. The van der Waals surface area contributed by atoms with E-state index in [9.17, 15) is 22.4 Å². The molecule has 0 spiro atoms. The molecule has 2 aromatic carbocycles. The fourth-order valence-electron chi connectivity index (χ4n) is 4.82. The van der Waals surface area contributed by atoms with Crippen molar-refractivity contribution in [1.82, 2.24) is 14.1 Å². The number of rotatable bonds is 6. The monoisotopic (exact) mass is 502 g/mol. The lowest BCUT2D eigenvalue weighted by Crippen LogP contribution is -2.58. The third-order valence-electron chi connectivity index (χ3n) is 6.75. The van der Waals surface area contributed by atoms with E-state index in [4.69, 9.17) is 5.73 Å². The predicted octanol–water partition coefficient (Wildman–Crippen LogP) is 1.14. The van der Waals surface area contributed by atoms with Crippen LogP contribution in [0.1, 0.15) is 23.1 Å². The van der Waals surface area contributed by atoms with Crippen LogP contribution in [0.5, 0.6) is 0 Å². The summed E-state index contributed by atoms with van der Waals surface area (Å²) in [5.74, 6) is -0.802. The lowest BCUT2D eigenvalue weighted by atomic mass is 9.92. The van der Waals surface area contributed by atoms with E-state index < -0.39 is 22.1 Å². The van der Waals surface area contributed by atoms with Crippen molar-refractivity contribution in [3.63, 3.8) is 0 Å². The lowest BCUT2D eigenvalue weighted by molar-refractivity contribution is -0.148. The van der Waals surface area contributed by atoms with E-state index in [0.29, 0.717) is 18.5 Å². The number of nitrogens with two attached hydrogens (primary N) is 1. The summed E-state index contributed by atoms with van der Waals surface area (Å²) in [6.07, 6.45) is 1.75. The highest BCUT2D eigenvalue weighted by molar-refractivity contribution is 7.88. The summed E-state index contributed by atoms with van der Waals surface area (Å²) in [6, 6.07) is 12.8. The van der Waals surface area contributed by atoms with Crippen LogP contribution in [0.2, 0.25) is 0 Å². The van der Waals surface area contributed by atoms with E-state index in [1.54, 1.807) is 28.0 Å². The molecule has 2 aliphatic heterocycles. The van der Waals surface area contributed by atoms with Gasteiger partial charge in [0, 0.05) is 51.6 Å². The Labute approximate surface area is 205 Å². The van der Waals surface area contributed by atoms with Crippen molar-refractivity contribution in [3.8, 4) is 0 Å². The minimum atomic E-state index is -3.32. The van der Waals surface area contributed by atoms with Gasteiger partial charge in [-0.25, -0.2) is 12.8 Å². The number of hydrogen-bond donors (Lipinski definition) is 1. The average Bonchev–Trinajstić information content (AvgIpc) is 2.83. The summed E-state index contributed by atoms with van der Waals surface area (Å²) in [6.45, 7) is 1.31. The Morgan fingerprint density at radius 3 is 2.31 bits per heavy atom. The van der Waals surface area contributed by atoms with Crippen LogP contribution >= 0.6 is 0 Å². The van der Waals surface area contributed by atoms with Crippen LogP contribution in [-0.4, -0.2) is 78.9 Å². The van der Waals surface area contributed by atoms with Crippen LogP contribution in [0.15, 0.2) is 48.5 Å². The molecule has 10 heteroatoms. The normalized spacial score (nSPS) is 19.8. The first-order valence-electron chi connectivity index (χ1n) is 11.7. The zero-order valence-corrected chi connectivity index (χ0v) is 20.6. The van der Waals surface area contributed by atoms with Crippen LogP contribution in [0.3, 0.4) is 0 Å². The number of piperazine rings is 1. The van der Waals surface area contributed by atoms with Gasteiger partial charge in [0.2, 0.25) is 21.8 Å². The number of sulfonamides is 1. The van der Waals surface area contributed by atoms with Crippen LogP contribution in [0, 0.1) is 5.82 Å². The number of fused-ring (bicyclic) bond motifs is 1. The molecule has 8 nitrogen and oxygen atoms in total. The number of nitrogens with zero attached hydrogens (tertiary/aromatic N) is 3. The second-order valence-corrected chi connectivity index (χ2v) is 11.2. The molecule has 4 rings (SSSR count). The Morgan fingerprint density at radius 2 is 1.66 bits per heavy atom. The minimum absolute atomic E-state index is 0.0118. The minimum Gasteiger partial charge on any atom is -0.338 e. The van der Waals surface area contributed by atoms with E-state index in [-0.39, 0.29) is 56.7 Å². The third-order valence-corrected chi connectivity index (χ3v) is 8.05. The van der Waals surface area contributed by atoms with Gasteiger partial charge in [-0.2, -0.15) is 4.31 Å². The Morgan fingerprint density at radius 1 is 1.03 bits per heavy atom. The van der Waals surface area contributed by atoms with Crippen molar-refractivity contribution >= 4 is 21.8 Å².